The lowest BCUT2D eigenvalue weighted by molar-refractivity contribution is 0.278. The molecule has 0 aliphatic carbocycles. The van der Waals surface area contributed by atoms with E-state index in [1.54, 1.807) is 6.92 Å². The molecule has 1 N–H and O–H groups in total. The molecular weight excluding hydrogens is 205 g/mol. The quantitative estimate of drug-likeness (QED) is 0.775. The average Bonchev–Trinajstić information content (AvgIpc) is 2.66. The normalized spacial score (nSPS) is 9.94. The van der Waals surface area contributed by atoms with Gasteiger partial charge < -0.3 is 9.67 Å². The second-order valence-corrected chi connectivity index (χ2v) is 3.39. The molecule has 0 fully saturated rings. The number of aryl methyl sites for hydroxylation is 1. The van der Waals surface area contributed by atoms with Gasteiger partial charge in [-0.25, -0.2) is 4.39 Å². The summed E-state index contributed by atoms with van der Waals surface area (Å²) in [6.45, 7) is 8.32. The highest BCUT2D eigenvalue weighted by Gasteiger charge is 2.04. The highest BCUT2D eigenvalue weighted by Crippen LogP contribution is 2.19. The van der Waals surface area contributed by atoms with Crippen LogP contribution < -0.4 is 0 Å². The zero-order valence-corrected chi connectivity index (χ0v) is 9.41. The highest BCUT2D eigenvalue weighted by atomic mass is 19.1. The van der Waals surface area contributed by atoms with Gasteiger partial charge in [0.25, 0.3) is 0 Å². The lowest BCUT2D eigenvalue weighted by Crippen LogP contribution is -2.00. The summed E-state index contributed by atoms with van der Waals surface area (Å²) in [5, 5.41) is 9.82. The van der Waals surface area contributed by atoms with Gasteiger partial charge in [-0.05, 0) is 30.7 Å². The minimum absolute atomic E-state index is 0.0687. The maximum absolute atomic E-state index is 13.3. The second-order valence-electron chi connectivity index (χ2n) is 3.39. The second kappa shape index (κ2) is 5.47. The van der Waals surface area contributed by atoms with Crippen LogP contribution in [0.3, 0.4) is 0 Å². The molecule has 3 heteroatoms. The van der Waals surface area contributed by atoms with Crippen molar-refractivity contribution < 1.29 is 9.50 Å². The van der Waals surface area contributed by atoms with Crippen LogP contribution in [0.1, 0.15) is 5.56 Å². The van der Waals surface area contributed by atoms with Crippen LogP contribution in [0.5, 0.6) is 0 Å². The van der Waals surface area contributed by atoms with Gasteiger partial charge in [0, 0.05) is 18.1 Å². The molecule has 0 spiro atoms. The van der Waals surface area contributed by atoms with Gasteiger partial charge in [0.1, 0.15) is 5.82 Å². The third-order valence-corrected chi connectivity index (χ3v) is 2.39. The van der Waals surface area contributed by atoms with Gasteiger partial charge >= 0.3 is 0 Å². The van der Waals surface area contributed by atoms with Crippen molar-refractivity contribution in [1.82, 2.24) is 4.57 Å². The number of rotatable bonds is 2. The number of nitrogens with zero attached hydrogens (tertiary/aromatic N) is 1. The Hall–Kier alpha value is -1.61. The van der Waals surface area contributed by atoms with E-state index >= 15 is 0 Å². The van der Waals surface area contributed by atoms with Crippen LogP contribution in [0.4, 0.5) is 4.39 Å². The molecule has 0 aliphatic rings. The average molecular weight is 221 g/mol. The van der Waals surface area contributed by atoms with Crippen molar-refractivity contribution in [3.63, 3.8) is 0 Å². The van der Waals surface area contributed by atoms with Gasteiger partial charge in [-0.2, -0.15) is 0 Å². The van der Waals surface area contributed by atoms with Gasteiger partial charge in [-0.3, -0.25) is 0 Å². The third kappa shape index (κ3) is 2.31. The summed E-state index contributed by atoms with van der Waals surface area (Å²) in [7, 11) is 0. The van der Waals surface area contributed by atoms with Crippen molar-refractivity contribution >= 4 is 10.9 Å². The predicted octanol–water partition coefficient (Wildman–Crippen LogP) is 2.88. The van der Waals surface area contributed by atoms with Gasteiger partial charge in [0.05, 0.1) is 12.1 Å². The predicted molar refractivity (Wildman–Crippen MR) is 65.0 cm³/mol. The molecular formula is C13H16FNO. The maximum atomic E-state index is 13.3. The Morgan fingerprint density at radius 2 is 2.06 bits per heavy atom. The topological polar surface area (TPSA) is 25.2 Å². The molecule has 0 amide bonds. The van der Waals surface area contributed by atoms with E-state index in [0.717, 1.165) is 10.9 Å². The van der Waals surface area contributed by atoms with E-state index in [1.807, 2.05) is 22.9 Å². The Labute approximate surface area is 94.6 Å². The van der Waals surface area contributed by atoms with Crippen molar-refractivity contribution in [1.29, 1.82) is 0 Å². The number of hydrogen-bond donors (Lipinski definition) is 1. The molecule has 0 saturated heterocycles. The van der Waals surface area contributed by atoms with Crippen LogP contribution in [-0.4, -0.2) is 16.3 Å². The Morgan fingerprint density at radius 1 is 1.38 bits per heavy atom. The number of hydrogen-bond acceptors (Lipinski definition) is 1. The molecule has 0 aliphatic heterocycles. The summed E-state index contributed by atoms with van der Waals surface area (Å²) in [5.74, 6) is -0.199. The zero-order valence-electron chi connectivity index (χ0n) is 9.41. The van der Waals surface area contributed by atoms with Crippen molar-refractivity contribution in [2.24, 2.45) is 0 Å². The highest BCUT2D eigenvalue weighted by molar-refractivity contribution is 5.81. The Morgan fingerprint density at radius 3 is 2.69 bits per heavy atom. The number of benzene rings is 1. The summed E-state index contributed by atoms with van der Waals surface area (Å²) in [5.41, 5.74) is 1.49. The summed E-state index contributed by atoms with van der Waals surface area (Å²) in [6, 6.07) is 5.26. The van der Waals surface area contributed by atoms with E-state index < -0.39 is 0 Å². The molecule has 86 valence electrons. The minimum Gasteiger partial charge on any atom is -0.395 e. The van der Waals surface area contributed by atoms with Crippen molar-refractivity contribution in [2.45, 2.75) is 13.5 Å². The van der Waals surface area contributed by atoms with Crippen LogP contribution in [0, 0.1) is 12.7 Å². The molecule has 1 aromatic heterocycles. The van der Waals surface area contributed by atoms with E-state index in [0.29, 0.717) is 12.1 Å². The number of aromatic nitrogens is 1. The Bertz CT molecular complexity index is 476. The van der Waals surface area contributed by atoms with Gasteiger partial charge in [-0.15, -0.1) is 13.2 Å². The Kier molecular flexibility index (Phi) is 4.26. The number of fused-ring (bicyclic) bond motifs is 1. The molecule has 0 atom stereocenters. The molecule has 2 rings (SSSR count). The minimum atomic E-state index is -0.199. The van der Waals surface area contributed by atoms with Gasteiger partial charge in [0.15, 0.2) is 0 Å². The van der Waals surface area contributed by atoms with E-state index in [4.69, 9.17) is 5.11 Å². The lowest BCUT2D eigenvalue weighted by atomic mass is 10.2. The Balaban J connectivity index is 0.000000606. The summed E-state index contributed by atoms with van der Waals surface area (Å²) in [4.78, 5) is 0. The molecule has 0 saturated carbocycles. The van der Waals surface area contributed by atoms with Gasteiger partial charge in [-0.1, -0.05) is 0 Å². The number of aliphatic hydroxyl groups excluding tert-OH is 1. The smallest absolute Gasteiger partial charge is 0.128 e. The summed E-state index contributed by atoms with van der Waals surface area (Å²) in [6.07, 6.45) is 1.86. The van der Waals surface area contributed by atoms with E-state index in [9.17, 15) is 4.39 Å². The van der Waals surface area contributed by atoms with Crippen molar-refractivity contribution in [2.75, 3.05) is 6.61 Å². The van der Waals surface area contributed by atoms with Crippen LogP contribution in [0.15, 0.2) is 37.6 Å². The molecule has 0 unspecified atom stereocenters. The van der Waals surface area contributed by atoms with E-state index in [-0.39, 0.29) is 12.4 Å². The molecule has 0 radical (unpaired) electrons. The molecule has 16 heavy (non-hydrogen) atoms. The first-order chi connectivity index (χ1) is 7.72. The van der Waals surface area contributed by atoms with Crippen LogP contribution in [0.2, 0.25) is 0 Å². The number of aliphatic hydroxyl groups is 1. The van der Waals surface area contributed by atoms with Crippen molar-refractivity contribution in [3.05, 3.63) is 48.9 Å². The van der Waals surface area contributed by atoms with Crippen LogP contribution in [-0.2, 0) is 6.54 Å². The van der Waals surface area contributed by atoms with E-state index in [2.05, 4.69) is 13.2 Å². The maximum Gasteiger partial charge on any atom is 0.128 e. The molecule has 1 heterocycles. The molecule has 0 bridgehead atoms. The fourth-order valence-corrected chi connectivity index (χ4v) is 1.63. The first-order valence-electron chi connectivity index (χ1n) is 5.08. The van der Waals surface area contributed by atoms with E-state index in [1.165, 1.54) is 6.07 Å². The SMILES string of the molecule is C=C.Cc1cc2ccn(CCO)c2cc1F. The zero-order chi connectivity index (χ0) is 12.1. The molecule has 1 aromatic carbocycles. The molecule has 2 nitrogen and oxygen atoms in total. The fourth-order valence-electron chi connectivity index (χ4n) is 1.63. The first kappa shape index (κ1) is 12.5. The monoisotopic (exact) mass is 221 g/mol. The standard InChI is InChI=1S/C11H12FNO.C2H4/c1-8-6-9-2-3-13(4-5-14)11(9)7-10(8)12;1-2/h2-3,6-7,14H,4-5H2,1H3;1-2H2. The fraction of sp³-hybridized carbons (Fsp3) is 0.231. The summed E-state index contributed by atoms with van der Waals surface area (Å²) < 4.78 is 15.1. The van der Waals surface area contributed by atoms with Crippen LogP contribution >= 0.6 is 0 Å². The third-order valence-electron chi connectivity index (χ3n) is 2.39. The molecule has 2 aromatic rings. The lowest BCUT2D eigenvalue weighted by Gasteiger charge is -2.03. The number of halogens is 1. The largest absolute Gasteiger partial charge is 0.395 e. The van der Waals surface area contributed by atoms with Crippen molar-refractivity contribution in [3.8, 4) is 0 Å². The first-order valence-corrected chi connectivity index (χ1v) is 5.08. The summed E-state index contributed by atoms with van der Waals surface area (Å²) >= 11 is 0. The van der Waals surface area contributed by atoms with Gasteiger partial charge in [0.2, 0.25) is 0 Å². The van der Waals surface area contributed by atoms with Crippen LogP contribution in [0.25, 0.3) is 10.9 Å².